The summed E-state index contributed by atoms with van der Waals surface area (Å²) in [5.74, 6) is -0.474. The maximum atomic E-state index is 13.0. The number of rotatable bonds is 7. The molecule has 1 aliphatic rings. The van der Waals surface area contributed by atoms with Crippen LogP contribution in [0.25, 0.3) is 0 Å². The number of ether oxygens (including phenoxy) is 1. The van der Waals surface area contributed by atoms with Crippen LogP contribution in [0.5, 0.6) is 0 Å². The van der Waals surface area contributed by atoms with Crippen LogP contribution in [0.3, 0.4) is 0 Å². The number of nitrogens with zero attached hydrogens (tertiary/aromatic N) is 1. The third-order valence-electron chi connectivity index (χ3n) is 5.77. The largest absolute Gasteiger partial charge is 0.379 e. The van der Waals surface area contributed by atoms with Gasteiger partial charge >= 0.3 is 0 Å². The summed E-state index contributed by atoms with van der Waals surface area (Å²) < 4.78 is 5.41. The summed E-state index contributed by atoms with van der Waals surface area (Å²) in [7, 11) is 0. The van der Waals surface area contributed by atoms with Crippen molar-refractivity contribution < 1.29 is 14.3 Å². The van der Waals surface area contributed by atoms with Crippen LogP contribution in [0.2, 0.25) is 0 Å². The van der Waals surface area contributed by atoms with E-state index in [1.165, 1.54) is 0 Å². The molecule has 0 radical (unpaired) electrons. The predicted octanol–water partition coefficient (Wildman–Crippen LogP) is 4.26. The van der Waals surface area contributed by atoms with Crippen LogP contribution in [0.4, 0.5) is 5.69 Å². The first-order valence-corrected chi connectivity index (χ1v) is 11.3. The highest BCUT2D eigenvalue weighted by Crippen LogP contribution is 2.19. The molecule has 6 nitrogen and oxygen atoms in total. The van der Waals surface area contributed by atoms with E-state index in [-0.39, 0.29) is 17.9 Å². The summed E-state index contributed by atoms with van der Waals surface area (Å²) in [5, 5.41) is 5.93. The Morgan fingerprint density at radius 1 is 0.909 bits per heavy atom. The van der Waals surface area contributed by atoms with E-state index in [1.807, 2.05) is 61.5 Å². The average molecular weight is 444 g/mol. The highest BCUT2D eigenvalue weighted by molar-refractivity contribution is 6.09. The van der Waals surface area contributed by atoms with Crippen molar-refractivity contribution in [3.05, 3.63) is 101 Å². The topological polar surface area (TPSA) is 70.7 Å². The lowest BCUT2D eigenvalue weighted by Crippen LogP contribution is -2.35. The second kappa shape index (κ2) is 10.9. The lowest BCUT2D eigenvalue weighted by molar-refractivity contribution is 0.0342. The second-order valence-electron chi connectivity index (χ2n) is 8.19. The number of para-hydroxylation sites is 1. The summed E-state index contributed by atoms with van der Waals surface area (Å²) in [6.07, 6.45) is 0. The fourth-order valence-electron chi connectivity index (χ4n) is 3.91. The van der Waals surface area contributed by atoms with Gasteiger partial charge in [-0.2, -0.15) is 0 Å². The summed E-state index contributed by atoms with van der Waals surface area (Å²) in [5.41, 5.74) is 3.57. The summed E-state index contributed by atoms with van der Waals surface area (Å²) >= 11 is 0. The molecule has 0 bridgehead atoms. The minimum Gasteiger partial charge on any atom is -0.379 e. The van der Waals surface area contributed by atoms with Gasteiger partial charge in [0.25, 0.3) is 11.8 Å². The van der Waals surface area contributed by atoms with Crippen molar-refractivity contribution in [2.75, 3.05) is 31.6 Å². The van der Waals surface area contributed by atoms with Crippen LogP contribution in [-0.4, -0.2) is 43.0 Å². The maximum Gasteiger partial charge on any atom is 0.255 e. The Hall–Kier alpha value is -3.48. The Morgan fingerprint density at radius 2 is 1.64 bits per heavy atom. The second-order valence-corrected chi connectivity index (χ2v) is 8.19. The molecule has 0 unspecified atom stereocenters. The van der Waals surface area contributed by atoms with Gasteiger partial charge < -0.3 is 15.4 Å². The van der Waals surface area contributed by atoms with E-state index in [1.54, 1.807) is 24.3 Å². The summed E-state index contributed by atoms with van der Waals surface area (Å²) in [6, 6.07) is 24.3. The highest BCUT2D eigenvalue weighted by atomic mass is 16.5. The highest BCUT2D eigenvalue weighted by Gasteiger charge is 2.17. The predicted molar refractivity (Wildman–Crippen MR) is 129 cm³/mol. The van der Waals surface area contributed by atoms with Gasteiger partial charge in [-0.05, 0) is 42.3 Å². The van der Waals surface area contributed by atoms with Crippen molar-refractivity contribution in [3.63, 3.8) is 0 Å². The van der Waals surface area contributed by atoms with Crippen LogP contribution in [0.1, 0.15) is 44.8 Å². The van der Waals surface area contributed by atoms with E-state index in [0.29, 0.717) is 16.8 Å². The molecule has 0 aromatic heterocycles. The monoisotopic (exact) mass is 443 g/mol. The molecule has 170 valence electrons. The molecule has 1 fully saturated rings. The Labute approximate surface area is 194 Å². The zero-order valence-corrected chi connectivity index (χ0v) is 18.8. The van der Waals surface area contributed by atoms with E-state index in [2.05, 4.69) is 15.5 Å². The van der Waals surface area contributed by atoms with Gasteiger partial charge in [0.1, 0.15) is 0 Å². The normalized spacial score (nSPS) is 14.9. The first kappa shape index (κ1) is 22.7. The molecule has 0 spiro atoms. The molecule has 6 heteroatoms. The summed E-state index contributed by atoms with van der Waals surface area (Å²) in [4.78, 5) is 28.3. The number of hydrogen-bond donors (Lipinski definition) is 2. The Kier molecular flexibility index (Phi) is 7.50. The van der Waals surface area contributed by atoms with E-state index in [9.17, 15) is 9.59 Å². The van der Waals surface area contributed by atoms with Crippen molar-refractivity contribution in [2.24, 2.45) is 0 Å². The first-order chi connectivity index (χ1) is 16.1. The fraction of sp³-hybridized carbons (Fsp3) is 0.259. The van der Waals surface area contributed by atoms with E-state index in [4.69, 9.17) is 4.74 Å². The number of nitrogens with one attached hydrogen (secondary N) is 2. The minimum atomic E-state index is -0.241. The van der Waals surface area contributed by atoms with Crippen LogP contribution < -0.4 is 10.6 Å². The Balaban J connectivity index is 1.44. The molecule has 0 saturated carbocycles. The number of amides is 2. The maximum absolute atomic E-state index is 13.0. The molecule has 3 aromatic rings. The fourth-order valence-corrected chi connectivity index (χ4v) is 3.91. The third-order valence-corrected chi connectivity index (χ3v) is 5.77. The minimum absolute atomic E-state index is 0.153. The van der Waals surface area contributed by atoms with E-state index in [0.717, 1.165) is 44.0 Å². The molecular weight excluding hydrogens is 414 g/mol. The van der Waals surface area contributed by atoms with Gasteiger partial charge in [-0.3, -0.25) is 14.5 Å². The molecular formula is C27H29N3O3. The standard InChI is InChI=1S/C27H29N3O3/c1-20(22-9-3-2-4-10-22)28-27(32)24-12-5-6-13-25(24)29-26(31)23-11-7-8-21(18-23)19-30-14-16-33-17-15-30/h2-13,18,20H,14-17,19H2,1H3,(H,28,32)(H,29,31)/t20-/m1/s1. The number of anilines is 1. The Bertz CT molecular complexity index is 1090. The van der Waals surface area contributed by atoms with Gasteiger partial charge in [0.15, 0.2) is 0 Å². The van der Waals surface area contributed by atoms with Gasteiger partial charge in [-0.25, -0.2) is 0 Å². The van der Waals surface area contributed by atoms with Gasteiger partial charge in [-0.15, -0.1) is 0 Å². The molecule has 1 heterocycles. The van der Waals surface area contributed by atoms with Crippen LogP contribution >= 0.6 is 0 Å². The number of hydrogen-bond acceptors (Lipinski definition) is 4. The number of morpholine rings is 1. The SMILES string of the molecule is C[C@@H](NC(=O)c1ccccc1NC(=O)c1cccc(CN2CCOCC2)c1)c1ccccc1. The zero-order chi connectivity index (χ0) is 23.0. The lowest BCUT2D eigenvalue weighted by Gasteiger charge is -2.26. The number of carbonyl (C=O) groups excluding carboxylic acids is 2. The van der Waals surface area contributed by atoms with Crippen molar-refractivity contribution in [2.45, 2.75) is 19.5 Å². The quantitative estimate of drug-likeness (QED) is 0.572. The van der Waals surface area contributed by atoms with Gasteiger partial charge in [-0.1, -0.05) is 54.6 Å². The lowest BCUT2D eigenvalue weighted by atomic mass is 10.1. The molecule has 4 rings (SSSR count). The molecule has 1 aliphatic heterocycles. The van der Waals surface area contributed by atoms with Crippen molar-refractivity contribution in [1.29, 1.82) is 0 Å². The van der Waals surface area contributed by atoms with Crippen molar-refractivity contribution in [3.8, 4) is 0 Å². The third kappa shape index (κ3) is 6.06. The van der Waals surface area contributed by atoms with Gasteiger partial charge in [0.05, 0.1) is 30.5 Å². The average Bonchev–Trinajstić information content (AvgIpc) is 2.85. The molecule has 2 amide bonds. The smallest absolute Gasteiger partial charge is 0.255 e. The van der Waals surface area contributed by atoms with E-state index >= 15 is 0 Å². The molecule has 3 aromatic carbocycles. The Morgan fingerprint density at radius 3 is 2.42 bits per heavy atom. The first-order valence-electron chi connectivity index (χ1n) is 11.3. The molecule has 1 saturated heterocycles. The van der Waals surface area contributed by atoms with Crippen molar-refractivity contribution in [1.82, 2.24) is 10.2 Å². The van der Waals surface area contributed by atoms with Gasteiger partial charge in [0, 0.05) is 25.2 Å². The van der Waals surface area contributed by atoms with E-state index < -0.39 is 0 Å². The zero-order valence-electron chi connectivity index (χ0n) is 18.8. The van der Waals surface area contributed by atoms with Gasteiger partial charge in [0.2, 0.25) is 0 Å². The number of carbonyl (C=O) groups is 2. The van der Waals surface area contributed by atoms with Crippen molar-refractivity contribution >= 4 is 17.5 Å². The van der Waals surface area contributed by atoms with Crippen LogP contribution in [0, 0.1) is 0 Å². The summed E-state index contributed by atoms with van der Waals surface area (Å²) in [6.45, 7) is 5.97. The van der Waals surface area contributed by atoms with Crippen LogP contribution in [-0.2, 0) is 11.3 Å². The molecule has 1 atom stereocenters. The number of benzene rings is 3. The molecule has 2 N–H and O–H groups in total. The molecule has 33 heavy (non-hydrogen) atoms. The van der Waals surface area contributed by atoms with Crippen LogP contribution in [0.15, 0.2) is 78.9 Å². The molecule has 0 aliphatic carbocycles.